The fraction of sp³-hybridized carbons (Fsp3) is 0.625. The quantitative estimate of drug-likeness (QED) is 0.837. The van der Waals surface area contributed by atoms with Crippen LogP contribution in [0, 0.1) is 6.92 Å². The predicted molar refractivity (Wildman–Crippen MR) is 84.3 cm³/mol. The topological polar surface area (TPSA) is 46.6 Å². The summed E-state index contributed by atoms with van der Waals surface area (Å²) in [7, 11) is -3.17. The first-order valence-corrected chi connectivity index (χ1v) is 9.25. The van der Waals surface area contributed by atoms with Gasteiger partial charge in [-0.25, -0.2) is 8.42 Å². The van der Waals surface area contributed by atoms with Gasteiger partial charge in [-0.1, -0.05) is 12.1 Å². The Labute approximate surface area is 128 Å². The normalized spacial score (nSPS) is 21.1. The van der Waals surface area contributed by atoms with Crippen molar-refractivity contribution in [3.8, 4) is 0 Å². The standard InChI is InChI=1S/C16H25NO3S/c1-14-5-3-6-16(13-14)21(18,19)12-4-8-17-9-11-20-10-7-15(17)2/h3,5-6,13,15H,4,7-12H2,1-2H3. The molecule has 0 aliphatic carbocycles. The number of aryl methyl sites for hydroxylation is 1. The molecule has 0 N–H and O–H groups in total. The summed E-state index contributed by atoms with van der Waals surface area (Å²) >= 11 is 0. The summed E-state index contributed by atoms with van der Waals surface area (Å²) in [6.45, 7) is 7.36. The molecule has 1 heterocycles. The third-order valence-electron chi connectivity index (χ3n) is 4.03. The molecule has 0 saturated carbocycles. The molecule has 5 heteroatoms. The average Bonchev–Trinajstić information content (AvgIpc) is 2.64. The van der Waals surface area contributed by atoms with Crippen LogP contribution in [0.15, 0.2) is 29.2 Å². The van der Waals surface area contributed by atoms with Gasteiger partial charge < -0.3 is 4.74 Å². The van der Waals surface area contributed by atoms with Crippen LogP contribution < -0.4 is 0 Å². The number of hydrogen-bond donors (Lipinski definition) is 0. The summed E-state index contributed by atoms with van der Waals surface area (Å²) in [5, 5.41) is 0. The molecule has 1 fully saturated rings. The van der Waals surface area contributed by atoms with Crippen molar-refractivity contribution in [1.29, 1.82) is 0 Å². The maximum absolute atomic E-state index is 12.3. The van der Waals surface area contributed by atoms with Crippen LogP contribution in [0.4, 0.5) is 0 Å². The number of benzene rings is 1. The smallest absolute Gasteiger partial charge is 0.178 e. The molecule has 4 nitrogen and oxygen atoms in total. The van der Waals surface area contributed by atoms with E-state index in [1.165, 1.54) is 0 Å². The minimum atomic E-state index is -3.17. The molecule has 0 aromatic heterocycles. The highest BCUT2D eigenvalue weighted by molar-refractivity contribution is 7.91. The Morgan fingerprint density at radius 2 is 2.14 bits per heavy atom. The molecular weight excluding hydrogens is 286 g/mol. The van der Waals surface area contributed by atoms with Gasteiger partial charge in [-0.15, -0.1) is 0 Å². The monoisotopic (exact) mass is 311 g/mol. The van der Waals surface area contributed by atoms with Crippen LogP contribution in [0.3, 0.4) is 0 Å². The zero-order valence-corrected chi connectivity index (χ0v) is 13.7. The van der Waals surface area contributed by atoms with E-state index in [4.69, 9.17) is 4.74 Å². The average molecular weight is 311 g/mol. The van der Waals surface area contributed by atoms with Crippen molar-refractivity contribution in [3.05, 3.63) is 29.8 Å². The zero-order valence-electron chi connectivity index (χ0n) is 12.9. The fourth-order valence-corrected chi connectivity index (χ4v) is 4.05. The van der Waals surface area contributed by atoms with Crippen molar-refractivity contribution < 1.29 is 13.2 Å². The lowest BCUT2D eigenvalue weighted by Crippen LogP contribution is -2.35. The summed E-state index contributed by atoms with van der Waals surface area (Å²) in [5.74, 6) is 0.209. The highest BCUT2D eigenvalue weighted by Gasteiger charge is 2.19. The first-order chi connectivity index (χ1) is 9.99. The zero-order chi connectivity index (χ0) is 15.3. The van der Waals surface area contributed by atoms with E-state index in [1.807, 2.05) is 13.0 Å². The van der Waals surface area contributed by atoms with Crippen molar-refractivity contribution in [3.63, 3.8) is 0 Å². The van der Waals surface area contributed by atoms with Gasteiger partial charge in [0.15, 0.2) is 9.84 Å². The lowest BCUT2D eigenvalue weighted by molar-refractivity contribution is 0.141. The maximum Gasteiger partial charge on any atom is 0.178 e. The molecule has 0 spiro atoms. The van der Waals surface area contributed by atoms with Gasteiger partial charge in [0.05, 0.1) is 17.3 Å². The van der Waals surface area contributed by atoms with E-state index < -0.39 is 9.84 Å². The Hall–Kier alpha value is -0.910. The van der Waals surface area contributed by atoms with E-state index in [-0.39, 0.29) is 5.75 Å². The molecule has 0 bridgehead atoms. The van der Waals surface area contributed by atoms with Gasteiger partial charge in [-0.2, -0.15) is 0 Å². The largest absolute Gasteiger partial charge is 0.380 e. The van der Waals surface area contributed by atoms with Crippen LogP contribution in [-0.2, 0) is 14.6 Å². The SMILES string of the molecule is Cc1cccc(S(=O)(=O)CCCN2CCOCCC2C)c1. The van der Waals surface area contributed by atoms with Gasteiger partial charge in [0.25, 0.3) is 0 Å². The van der Waals surface area contributed by atoms with Crippen LogP contribution >= 0.6 is 0 Å². The molecule has 118 valence electrons. The van der Waals surface area contributed by atoms with Gasteiger partial charge >= 0.3 is 0 Å². The Balaban J connectivity index is 1.90. The van der Waals surface area contributed by atoms with E-state index in [1.54, 1.807) is 18.2 Å². The second kappa shape index (κ2) is 7.38. The van der Waals surface area contributed by atoms with Crippen molar-refractivity contribution in [2.45, 2.75) is 37.6 Å². The lowest BCUT2D eigenvalue weighted by Gasteiger charge is -2.25. The molecule has 0 amide bonds. The van der Waals surface area contributed by atoms with Gasteiger partial charge in [-0.05, 0) is 50.9 Å². The number of ether oxygens (including phenoxy) is 1. The van der Waals surface area contributed by atoms with Crippen LogP contribution in [0.25, 0.3) is 0 Å². The third-order valence-corrected chi connectivity index (χ3v) is 5.83. The number of hydrogen-bond acceptors (Lipinski definition) is 4. The lowest BCUT2D eigenvalue weighted by atomic mass is 10.2. The molecule has 1 atom stereocenters. The maximum atomic E-state index is 12.3. The molecule has 1 aliphatic heterocycles. The minimum absolute atomic E-state index is 0.209. The van der Waals surface area contributed by atoms with Gasteiger partial charge in [0.2, 0.25) is 0 Å². The van der Waals surface area contributed by atoms with E-state index in [2.05, 4.69) is 11.8 Å². The van der Waals surface area contributed by atoms with Crippen LogP contribution in [-0.4, -0.2) is 51.4 Å². The molecule has 1 aliphatic rings. The second-order valence-corrected chi connectivity index (χ2v) is 7.88. The van der Waals surface area contributed by atoms with Gasteiger partial charge in [0.1, 0.15) is 0 Å². The van der Waals surface area contributed by atoms with Crippen molar-refractivity contribution in [2.24, 2.45) is 0 Å². The fourth-order valence-electron chi connectivity index (χ4n) is 2.66. The van der Waals surface area contributed by atoms with Crippen LogP contribution in [0.1, 0.15) is 25.3 Å². The molecule has 1 aromatic rings. The van der Waals surface area contributed by atoms with E-state index in [0.717, 1.165) is 38.3 Å². The first-order valence-electron chi connectivity index (χ1n) is 7.60. The summed E-state index contributed by atoms with van der Waals surface area (Å²) in [6.07, 6.45) is 1.69. The Morgan fingerprint density at radius 1 is 1.33 bits per heavy atom. The van der Waals surface area contributed by atoms with Gasteiger partial charge in [-0.3, -0.25) is 4.90 Å². The van der Waals surface area contributed by atoms with Crippen molar-refractivity contribution in [2.75, 3.05) is 32.1 Å². The molecule has 2 rings (SSSR count). The Bertz CT molecular complexity index is 556. The van der Waals surface area contributed by atoms with Crippen molar-refractivity contribution in [1.82, 2.24) is 4.90 Å². The van der Waals surface area contributed by atoms with Gasteiger partial charge in [0, 0.05) is 19.2 Å². The molecular formula is C16H25NO3S. The van der Waals surface area contributed by atoms with E-state index >= 15 is 0 Å². The Kier molecular flexibility index (Phi) is 5.79. The number of nitrogens with zero attached hydrogens (tertiary/aromatic N) is 1. The summed E-state index contributed by atoms with van der Waals surface area (Å²) in [6, 6.07) is 7.62. The molecule has 1 unspecified atom stereocenters. The Morgan fingerprint density at radius 3 is 2.90 bits per heavy atom. The minimum Gasteiger partial charge on any atom is -0.380 e. The molecule has 1 saturated heterocycles. The number of sulfone groups is 1. The second-order valence-electron chi connectivity index (χ2n) is 5.77. The van der Waals surface area contributed by atoms with Crippen molar-refractivity contribution >= 4 is 9.84 Å². The summed E-state index contributed by atoms with van der Waals surface area (Å²) < 4.78 is 30.1. The third kappa shape index (κ3) is 4.80. The molecule has 1 aromatic carbocycles. The van der Waals surface area contributed by atoms with Crippen LogP contribution in [0.5, 0.6) is 0 Å². The first kappa shape index (κ1) is 16.5. The van der Waals surface area contributed by atoms with E-state index in [0.29, 0.717) is 17.4 Å². The number of rotatable bonds is 5. The summed E-state index contributed by atoms with van der Waals surface area (Å²) in [4.78, 5) is 2.77. The predicted octanol–water partition coefficient (Wildman–Crippen LogP) is 2.27. The molecule has 0 radical (unpaired) electrons. The highest BCUT2D eigenvalue weighted by Crippen LogP contribution is 2.15. The van der Waals surface area contributed by atoms with Crippen LogP contribution in [0.2, 0.25) is 0 Å². The molecule has 21 heavy (non-hydrogen) atoms. The highest BCUT2D eigenvalue weighted by atomic mass is 32.2. The van der Waals surface area contributed by atoms with E-state index in [9.17, 15) is 8.42 Å². The summed E-state index contributed by atoms with van der Waals surface area (Å²) in [5.41, 5.74) is 0.981.